The van der Waals surface area contributed by atoms with Crippen LogP contribution in [0.5, 0.6) is 0 Å². The summed E-state index contributed by atoms with van der Waals surface area (Å²) in [6.45, 7) is 32.9. The maximum atomic E-state index is 14.5. The molecule has 20 atom stereocenters. The Balaban J connectivity index is 0.000000460. The number of nitrogens with one attached hydrogen (secondary N) is 1. The van der Waals surface area contributed by atoms with Gasteiger partial charge in [0.25, 0.3) is 7.82 Å². The van der Waals surface area contributed by atoms with E-state index in [1.54, 1.807) is 43.3 Å². The van der Waals surface area contributed by atoms with E-state index in [-0.39, 0.29) is 98.2 Å². The van der Waals surface area contributed by atoms with E-state index < -0.39 is 143 Å². The summed E-state index contributed by atoms with van der Waals surface area (Å²) in [6, 6.07) is 2.56. The van der Waals surface area contributed by atoms with Crippen LogP contribution in [-0.2, 0) is 66.8 Å². The molecule has 1 aromatic heterocycles. The Morgan fingerprint density at radius 2 is 1.45 bits per heavy atom. The third kappa shape index (κ3) is 19.7. The quantitative estimate of drug-likeness (QED) is 0.0297. The summed E-state index contributed by atoms with van der Waals surface area (Å²) in [7, 11) is -5.35. The number of phosphoric acid groups is 1. The fourth-order valence-electron chi connectivity index (χ4n) is 22.4. The second-order valence-electron chi connectivity index (χ2n) is 38.1. The first-order valence-corrected chi connectivity index (χ1v) is 45.5. The van der Waals surface area contributed by atoms with Gasteiger partial charge in [-0.15, -0.1) is 0 Å². The summed E-state index contributed by atoms with van der Waals surface area (Å²) in [4.78, 5) is 129. The van der Waals surface area contributed by atoms with Crippen LogP contribution in [0.2, 0.25) is 0 Å². The van der Waals surface area contributed by atoms with Crippen molar-refractivity contribution < 1.29 is 87.0 Å². The molecular formula is C90H132CoN14O15P. The second-order valence-corrected chi connectivity index (χ2v) is 40.4. The van der Waals surface area contributed by atoms with Crippen LogP contribution in [0.25, 0.3) is 11.0 Å². The molecule has 16 N–H and O–H groups in total. The molecule has 3 saturated carbocycles. The van der Waals surface area contributed by atoms with Crippen LogP contribution in [0.1, 0.15) is 249 Å². The number of allylic oxidation sites excluding steroid dienone is 10. The maximum absolute atomic E-state index is 14.5. The molecule has 11 rings (SSSR count). The number of aromatic nitrogens is 2. The van der Waals surface area contributed by atoms with E-state index in [4.69, 9.17) is 63.2 Å². The molecule has 0 spiro atoms. The number of ether oxygens (including phenoxy) is 1. The monoisotopic (exact) mass is 1740 g/mol. The summed E-state index contributed by atoms with van der Waals surface area (Å²) in [6.07, 6.45) is 12.8. The summed E-state index contributed by atoms with van der Waals surface area (Å²) < 4.78 is 33.7. The van der Waals surface area contributed by atoms with Gasteiger partial charge in [0.15, 0.2) is 6.23 Å². The molecule has 121 heavy (non-hydrogen) atoms. The van der Waals surface area contributed by atoms with E-state index in [1.165, 1.54) is 80.3 Å². The van der Waals surface area contributed by atoms with Crippen molar-refractivity contribution in [3.05, 3.63) is 99.4 Å². The van der Waals surface area contributed by atoms with Crippen molar-refractivity contribution in [3.63, 3.8) is 0 Å². The van der Waals surface area contributed by atoms with Gasteiger partial charge >= 0.3 is 417 Å². The standard InChI is InChI=1S/C62H90N13O14P.C27H44O.CN.Co/c1-29-20-39-40(21-30(29)2)75(28-70-39)57-52(84)53(41(27-76)87-57)89-90(85,86)88-31(3)26-69-49(83)18-19-59(8)37(22-46(66)80)56-62(11)61(10,25-48(68)82)36(14-17-45(65)79)51(74-62)33(5)55-60(9,24-47(67)81)34(12-15-43(63)77)38(71-55)23-42-58(6,7)35(13-16-44(64)78)50(72-42)32(4)54(59)73-56;1-19(2)8-6-9-21(4)25-15-16-26-22(10-7-17-27(25,26)5)12-13-23-18-24(28)14-11-20(23)3;1-2;/h20-21,23,28,31,34-37,41,52-53,56-57,76,84H,12-19,22,24-27H2,1-11H3,(H15,63,64,65,66,67,68,69,71,72,73,74,77,78,79,80,81,82,83,85,86);12-13,19,21,24-26,28H,3,6-11,14-18H2,1-2,4-5H3;;/q;;;+2/p-2/b;22-12+,23-13-;;/t31?,34-,35-,36-,37+,41-,52-,53-,56-,57+,59-,60+,61+,62+;21-,24+,25-,26+,27-;;/m11../s1. The van der Waals surface area contributed by atoms with E-state index in [0.29, 0.717) is 61.8 Å². The number of hydrogen-bond donors (Lipinski definition) is 10. The second kappa shape index (κ2) is 37.9. The number of aryl methyl sites for hydroxylation is 2. The van der Waals surface area contributed by atoms with Gasteiger partial charge in [0.2, 0.25) is 0 Å². The third-order valence-electron chi connectivity index (χ3n) is 29.2. The number of rotatable bonds is 33. The van der Waals surface area contributed by atoms with Gasteiger partial charge < -0.3 is 34.0 Å². The van der Waals surface area contributed by atoms with E-state index in [9.17, 15) is 63.6 Å². The fraction of sp³-hybridized carbons (Fsp3) is 0.667. The Kier molecular flexibility index (Phi) is 29.9. The van der Waals surface area contributed by atoms with Crippen LogP contribution in [-0.4, -0.2) is 143 Å². The first-order chi connectivity index (χ1) is 56.6. The molecule has 1 aromatic carbocycles. The van der Waals surface area contributed by atoms with E-state index >= 15 is 0 Å². The molecular weight excluding hydrogens is 1610 g/mol. The number of aliphatic hydroxyl groups excluding tert-OH is 3. The molecule has 9 aliphatic rings. The van der Waals surface area contributed by atoms with Gasteiger partial charge in [0, 0.05) is 0 Å². The molecule has 2 aromatic rings. The normalized spacial score (nSPS) is 34.5. The zero-order valence-electron chi connectivity index (χ0n) is 73.4. The molecule has 6 aliphatic heterocycles. The molecule has 8 bridgehead atoms. The summed E-state index contributed by atoms with van der Waals surface area (Å²) in [5.74, 6) is -4.51. The minimum absolute atomic E-state index is 0.0111. The Hall–Kier alpha value is -7.82. The summed E-state index contributed by atoms with van der Waals surface area (Å²) in [5.41, 5.74) is 41.1. The number of carbonyl (C=O) groups excluding carboxylic acids is 7. The molecule has 7 amide bonds. The number of nitriles is 1. The number of phosphoric ester groups is 1. The first kappa shape index (κ1) is 95.4. The number of nitrogens with zero attached hydrogens (tertiary/aromatic N) is 7. The van der Waals surface area contributed by atoms with Crippen LogP contribution in [0.15, 0.2) is 103 Å². The number of primary amides is 6. The van der Waals surface area contributed by atoms with Crippen molar-refractivity contribution in [1.82, 2.24) is 18.8 Å². The van der Waals surface area contributed by atoms with Crippen LogP contribution in [0.3, 0.4) is 0 Å². The number of benzene rings is 1. The number of aliphatic imine (C=N–C) groups is 3. The van der Waals surface area contributed by atoms with Crippen molar-refractivity contribution >= 4 is 77.3 Å². The van der Waals surface area contributed by atoms with Gasteiger partial charge in [-0.25, -0.2) is 4.98 Å². The minimum Gasteiger partial charge on any atom is -0.393 e. The summed E-state index contributed by atoms with van der Waals surface area (Å²) >= 11 is 0.0230. The van der Waals surface area contributed by atoms with E-state index in [0.717, 1.165) is 54.1 Å². The number of amides is 7. The van der Waals surface area contributed by atoms with Crippen LogP contribution >= 0.6 is 7.82 Å². The Morgan fingerprint density at radius 3 is 2.07 bits per heavy atom. The minimum atomic E-state index is -5.35. The molecule has 666 valence electrons. The van der Waals surface area contributed by atoms with Crippen molar-refractivity contribution in [2.24, 2.45) is 124 Å². The molecule has 31 heteroatoms. The number of fused-ring (bicyclic) bond motifs is 8. The van der Waals surface area contributed by atoms with Crippen molar-refractivity contribution in [2.45, 2.75) is 293 Å². The van der Waals surface area contributed by atoms with Crippen LogP contribution in [0.4, 0.5) is 0 Å². The Morgan fingerprint density at radius 1 is 0.802 bits per heavy atom. The summed E-state index contributed by atoms with van der Waals surface area (Å²) in [5, 5.41) is 47.9. The zero-order chi connectivity index (χ0) is 89.3. The molecule has 29 nitrogen and oxygen atoms in total. The molecule has 5 fully saturated rings. The number of imidazole rings is 1. The average molecular weight is 1740 g/mol. The molecule has 2 saturated heterocycles. The Labute approximate surface area is 719 Å². The SMILES string of the molecule is C/C1=C2N=C(/C=C3N=C(/C(C)=C4/[C@@H](CCC(N)=O)[C@](C)(CC(N)=O)[C@](C)([C@@H]5N=C1[C@](C)(CCC(=O)NCC(C)OP(=O)([O-])O[C@H]1[C@@H](O)[C@@H](n6cnc7cc(C)c(C)cc76)O[C@@H]1CO)[C@H]5CC(N)=O)[N]4[Co+][C]#N)[C@@](C)(CC(N)=O)[C@@H]\3CCC(N)=O)C(C)(C)[C@@H]/2CCC(N)=O.C=C1CC[C@H](O)C/C1=C/C=C1\CCC[C@]2(C)[C@@H]([C@H](C)CCCC(C)C)CC[C@@H]12. The number of nitrogens with two attached hydrogens (primary N) is 6. The first-order valence-electron chi connectivity index (χ1n) is 43.1. The predicted octanol–water partition coefficient (Wildman–Crippen LogP) is 10.3. The van der Waals surface area contributed by atoms with Gasteiger partial charge in [-0.2, -0.15) is 0 Å². The predicted molar refractivity (Wildman–Crippen MR) is 457 cm³/mol. The number of carbonyl (C=O) groups is 7. The van der Waals surface area contributed by atoms with Gasteiger partial charge in [-0.05, 0) is 123 Å². The molecule has 7 heterocycles. The van der Waals surface area contributed by atoms with Gasteiger partial charge in [-0.3, -0.25) is 4.57 Å². The number of hydrogen-bond acceptors (Lipinski definition) is 21. The number of aliphatic hydroxyl groups is 3. The Bertz CT molecular complexity index is 4730. The smallest absolute Gasteiger partial charge is 0.393 e. The topological polar surface area (TPSA) is 498 Å². The molecule has 3 aliphatic carbocycles. The third-order valence-corrected chi connectivity index (χ3v) is 31.4. The van der Waals surface area contributed by atoms with E-state index in [1.807, 2.05) is 53.7 Å². The van der Waals surface area contributed by atoms with Gasteiger partial charge in [0.1, 0.15) is 18.3 Å². The van der Waals surface area contributed by atoms with Crippen molar-refractivity contribution in [1.29, 1.82) is 5.26 Å². The van der Waals surface area contributed by atoms with Crippen molar-refractivity contribution in [3.8, 4) is 5.00 Å². The fourth-order valence-corrected chi connectivity index (χ4v) is 24.7. The van der Waals surface area contributed by atoms with Gasteiger partial charge in [-0.1, -0.05) is 76.8 Å². The average Bonchev–Trinajstić information content (AvgIpc) is 1.51. The van der Waals surface area contributed by atoms with Crippen molar-refractivity contribution in [2.75, 3.05) is 13.2 Å². The molecule has 2 unspecified atom stereocenters. The molecule has 0 radical (unpaired) electrons. The van der Waals surface area contributed by atoms with E-state index in [2.05, 4.69) is 61.7 Å². The zero-order valence-corrected chi connectivity index (χ0v) is 75.4. The van der Waals surface area contributed by atoms with Crippen LogP contribution in [0, 0.1) is 98.5 Å². The van der Waals surface area contributed by atoms with Crippen LogP contribution < -0.4 is 44.6 Å². The van der Waals surface area contributed by atoms with Gasteiger partial charge in [0.05, 0.1) is 30.1 Å².